The lowest BCUT2D eigenvalue weighted by atomic mass is 10.1. The largest absolute Gasteiger partial charge is 0.269 e. The van der Waals surface area contributed by atoms with Gasteiger partial charge in [-0.15, -0.1) is 0 Å². The highest BCUT2D eigenvalue weighted by atomic mass is 14.7. The summed E-state index contributed by atoms with van der Waals surface area (Å²) >= 11 is 0. The normalized spacial score (nSPS) is 20.2. The second kappa shape index (κ2) is 3.70. The zero-order valence-corrected chi connectivity index (χ0v) is 7.67. The minimum absolute atomic E-state index is 0.631. The molecule has 1 heteroatoms. The van der Waals surface area contributed by atoms with Gasteiger partial charge in [0.15, 0.2) is 0 Å². The van der Waals surface area contributed by atoms with Gasteiger partial charge in [0.2, 0.25) is 0 Å². The quantitative estimate of drug-likeness (QED) is 0.550. The molecule has 1 fully saturated rings. The molecule has 1 nitrogen and oxygen atoms in total. The van der Waals surface area contributed by atoms with Crippen molar-refractivity contribution < 1.29 is 0 Å². The lowest BCUT2D eigenvalue weighted by molar-refractivity contribution is 0.766. The Labute approximate surface area is 69.2 Å². The van der Waals surface area contributed by atoms with Gasteiger partial charge in [0.25, 0.3) is 0 Å². The molecule has 0 aromatic heterocycles. The van der Waals surface area contributed by atoms with Gasteiger partial charge < -0.3 is 0 Å². The number of rotatable bonds is 3. The van der Waals surface area contributed by atoms with Crippen LogP contribution in [0.4, 0.5) is 0 Å². The molecular formula is C10H17N. The van der Waals surface area contributed by atoms with Crippen molar-refractivity contribution in [1.29, 1.82) is 0 Å². The number of nitrogens with zero attached hydrogens (tertiary/aromatic N) is 1. The third-order valence-corrected chi connectivity index (χ3v) is 2.11. The van der Waals surface area contributed by atoms with Crippen molar-refractivity contribution >= 4 is 6.21 Å². The highest BCUT2D eigenvalue weighted by Crippen LogP contribution is 2.26. The highest BCUT2D eigenvalue weighted by molar-refractivity contribution is 5.64. The van der Waals surface area contributed by atoms with Crippen molar-refractivity contribution in [2.45, 2.75) is 33.6 Å². The fourth-order valence-corrected chi connectivity index (χ4v) is 0.677. The summed E-state index contributed by atoms with van der Waals surface area (Å²) in [6.45, 7) is 6.52. The number of aliphatic imine (C=N–C) groups is 1. The van der Waals surface area contributed by atoms with Gasteiger partial charge in [0.1, 0.15) is 0 Å². The van der Waals surface area contributed by atoms with Gasteiger partial charge in [0.05, 0.1) is 0 Å². The van der Waals surface area contributed by atoms with Crippen molar-refractivity contribution in [3.8, 4) is 0 Å². The van der Waals surface area contributed by atoms with Gasteiger partial charge in [0, 0.05) is 12.4 Å². The molecule has 0 aromatic carbocycles. The SMILES string of the molecule is C/C(=C\N=C/C1CC1)C(C)C. The number of allylic oxidation sites excluding steroid dienone is 1. The van der Waals surface area contributed by atoms with Crippen LogP contribution in [0.3, 0.4) is 0 Å². The average Bonchev–Trinajstić information content (AvgIpc) is 2.71. The van der Waals surface area contributed by atoms with E-state index in [1.165, 1.54) is 18.4 Å². The van der Waals surface area contributed by atoms with Gasteiger partial charge >= 0.3 is 0 Å². The second-order valence-corrected chi connectivity index (χ2v) is 3.66. The monoisotopic (exact) mass is 151 g/mol. The molecule has 0 N–H and O–H groups in total. The molecule has 1 aliphatic carbocycles. The maximum absolute atomic E-state index is 4.27. The predicted octanol–water partition coefficient (Wildman–Crippen LogP) is 3.03. The number of hydrogen-bond donors (Lipinski definition) is 0. The molecule has 11 heavy (non-hydrogen) atoms. The van der Waals surface area contributed by atoms with Crippen LogP contribution in [0.25, 0.3) is 0 Å². The van der Waals surface area contributed by atoms with Crippen molar-refractivity contribution in [3.63, 3.8) is 0 Å². The molecule has 0 aromatic rings. The van der Waals surface area contributed by atoms with Gasteiger partial charge in [-0.05, 0) is 31.6 Å². The van der Waals surface area contributed by atoms with E-state index in [0.717, 1.165) is 5.92 Å². The smallest absolute Gasteiger partial charge is 0.0255 e. The lowest BCUT2D eigenvalue weighted by Gasteiger charge is -2.00. The van der Waals surface area contributed by atoms with Crippen molar-refractivity contribution in [3.05, 3.63) is 11.8 Å². The first-order valence-corrected chi connectivity index (χ1v) is 4.40. The minimum Gasteiger partial charge on any atom is -0.269 e. The Hall–Kier alpha value is -0.590. The van der Waals surface area contributed by atoms with E-state index in [4.69, 9.17) is 0 Å². The third-order valence-electron chi connectivity index (χ3n) is 2.11. The zero-order valence-electron chi connectivity index (χ0n) is 7.67. The van der Waals surface area contributed by atoms with Crippen molar-refractivity contribution in [2.75, 3.05) is 0 Å². The Bertz CT molecular complexity index is 173. The van der Waals surface area contributed by atoms with Crippen LogP contribution in [0.1, 0.15) is 33.6 Å². The molecular weight excluding hydrogens is 134 g/mol. The fourth-order valence-electron chi connectivity index (χ4n) is 0.677. The van der Waals surface area contributed by atoms with Gasteiger partial charge in [-0.1, -0.05) is 19.4 Å². The van der Waals surface area contributed by atoms with Crippen LogP contribution in [0.5, 0.6) is 0 Å². The van der Waals surface area contributed by atoms with Gasteiger partial charge in [-0.3, -0.25) is 4.99 Å². The van der Waals surface area contributed by atoms with E-state index in [9.17, 15) is 0 Å². The molecule has 62 valence electrons. The Morgan fingerprint density at radius 2 is 2.09 bits per heavy atom. The average molecular weight is 151 g/mol. The lowest BCUT2D eigenvalue weighted by Crippen LogP contribution is -1.87. The van der Waals surface area contributed by atoms with Crippen LogP contribution < -0.4 is 0 Å². The first kappa shape index (κ1) is 8.51. The molecule has 0 bridgehead atoms. The molecule has 1 saturated carbocycles. The van der Waals surface area contributed by atoms with E-state index >= 15 is 0 Å². The van der Waals surface area contributed by atoms with E-state index in [2.05, 4.69) is 32.0 Å². The molecule has 0 spiro atoms. The Morgan fingerprint density at radius 1 is 1.45 bits per heavy atom. The fraction of sp³-hybridized carbons (Fsp3) is 0.700. The first-order valence-electron chi connectivity index (χ1n) is 4.40. The molecule has 0 heterocycles. The summed E-state index contributed by atoms with van der Waals surface area (Å²) in [5.74, 6) is 1.43. The van der Waals surface area contributed by atoms with Gasteiger partial charge in [-0.2, -0.15) is 0 Å². The Balaban J connectivity index is 2.31. The zero-order chi connectivity index (χ0) is 8.27. The number of hydrogen-bond acceptors (Lipinski definition) is 1. The van der Waals surface area contributed by atoms with Crippen LogP contribution in [-0.4, -0.2) is 6.21 Å². The predicted molar refractivity (Wildman–Crippen MR) is 49.8 cm³/mol. The van der Waals surface area contributed by atoms with Crippen molar-refractivity contribution in [1.82, 2.24) is 0 Å². The molecule has 1 aliphatic rings. The molecule has 0 aliphatic heterocycles. The van der Waals surface area contributed by atoms with Crippen LogP contribution in [0.2, 0.25) is 0 Å². The van der Waals surface area contributed by atoms with Crippen molar-refractivity contribution in [2.24, 2.45) is 16.8 Å². The standard InChI is InChI=1S/C10H17N/c1-8(2)9(3)6-11-7-10-4-5-10/h6-8,10H,4-5H2,1-3H3/b9-6+,11-7-. The summed E-state index contributed by atoms with van der Waals surface area (Å²) in [5, 5.41) is 0. The van der Waals surface area contributed by atoms with Crippen LogP contribution in [0.15, 0.2) is 16.8 Å². The summed E-state index contributed by atoms with van der Waals surface area (Å²) in [5.41, 5.74) is 1.36. The first-order chi connectivity index (χ1) is 5.20. The van der Waals surface area contributed by atoms with E-state index in [0.29, 0.717) is 5.92 Å². The molecule has 0 amide bonds. The molecule has 1 rings (SSSR count). The summed E-state index contributed by atoms with van der Waals surface area (Å²) in [6.07, 6.45) is 6.75. The third kappa shape index (κ3) is 3.35. The molecule has 0 atom stereocenters. The van der Waals surface area contributed by atoms with Crippen LogP contribution in [0, 0.1) is 11.8 Å². The van der Waals surface area contributed by atoms with E-state index < -0.39 is 0 Å². The van der Waals surface area contributed by atoms with Gasteiger partial charge in [-0.25, -0.2) is 0 Å². The van der Waals surface area contributed by atoms with Crippen LogP contribution in [-0.2, 0) is 0 Å². The van der Waals surface area contributed by atoms with E-state index in [1.54, 1.807) is 0 Å². The van der Waals surface area contributed by atoms with Crippen LogP contribution >= 0.6 is 0 Å². The molecule has 0 saturated heterocycles. The maximum atomic E-state index is 4.27. The molecule has 0 unspecified atom stereocenters. The van der Waals surface area contributed by atoms with E-state index in [-0.39, 0.29) is 0 Å². The minimum atomic E-state index is 0.631. The Morgan fingerprint density at radius 3 is 2.55 bits per heavy atom. The highest BCUT2D eigenvalue weighted by Gasteiger charge is 2.17. The summed E-state index contributed by atoms with van der Waals surface area (Å²) in [7, 11) is 0. The topological polar surface area (TPSA) is 12.4 Å². The summed E-state index contributed by atoms with van der Waals surface area (Å²) < 4.78 is 0. The summed E-state index contributed by atoms with van der Waals surface area (Å²) in [4.78, 5) is 4.27. The maximum Gasteiger partial charge on any atom is 0.0255 e. The van der Waals surface area contributed by atoms with E-state index in [1.807, 2.05) is 6.20 Å². The Kier molecular flexibility index (Phi) is 2.86. The molecule has 0 radical (unpaired) electrons. The summed E-state index contributed by atoms with van der Waals surface area (Å²) in [6, 6.07) is 0. The second-order valence-electron chi connectivity index (χ2n) is 3.66.